The Labute approximate surface area is 158 Å². The summed E-state index contributed by atoms with van der Waals surface area (Å²) in [6, 6.07) is 14.0. The minimum absolute atomic E-state index is 0.538. The van der Waals surface area contributed by atoms with Crippen molar-refractivity contribution in [2.24, 2.45) is 7.05 Å². The predicted octanol–water partition coefficient (Wildman–Crippen LogP) is 5.07. The van der Waals surface area contributed by atoms with E-state index in [0.717, 1.165) is 17.2 Å². The zero-order valence-corrected chi connectivity index (χ0v) is 15.9. The molecule has 1 heterocycles. The first-order valence-electron chi connectivity index (χ1n) is 7.93. The summed E-state index contributed by atoms with van der Waals surface area (Å²) < 4.78 is 2.01. The summed E-state index contributed by atoms with van der Waals surface area (Å²) in [5.41, 5.74) is 4.34. The van der Waals surface area contributed by atoms with E-state index in [0.29, 0.717) is 16.6 Å². The Kier molecular flexibility index (Phi) is 5.21. The molecule has 3 aromatic rings. The Morgan fingerprint density at radius 1 is 1.04 bits per heavy atom. The summed E-state index contributed by atoms with van der Waals surface area (Å²) >= 11 is 12.1. The van der Waals surface area contributed by atoms with Crippen molar-refractivity contribution in [3.8, 4) is 11.3 Å². The van der Waals surface area contributed by atoms with E-state index < -0.39 is 0 Å². The molecular weight excluding hydrogens is 355 g/mol. The third-order valence-corrected chi connectivity index (χ3v) is 4.85. The third-order valence-electron chi connectivity index (χ3n) is 4.11. The number of nitrogens with one attached hydrogen (secondary N) is 1. The molecule has 130 valence electrons. The second-order valence-electron chi connectivity index (χ2n) is 6.07. The Hall–Kier alpha value is -2.17. The van der Waals surface area contributed by atoms with Crippen molar-refractivity contribution in [1.29, 1.82) is 0 Å². The van der Waals surface area contributed by atoms with Crippen LogP contribution < -0.4 is 10.2 Å². The van der Waals surface area contributed by atoms with Gasteiger partial charge in [-0.3, -0.25) is 0 Å². The fourth-order valence-corrected chi connectivity index (χ4v) is 2.89. The maximum atomic E-state index is 6.12. The molecule has 4 nitrogen and oxygen atoms in total. The second kappa shape index (κ2) is 7.38. The number of rotatable bonds is 5. The van der Waals surface area contributed by atoms with Crippen LogP contribution in [0.3, 0.4) is 0 Å². The molecule has 1 aromatic heterocycles. The summed E-state index contributed by atoms with van der Waals surface area (Å²) in [5, 5.41) is 4.46. The third kappa shape index (κ3) is 3.91. The molecule has 0 amide bonds. The maximum absolute atomic E-state index is 6.12. The number of hydrogen-bond acceptors (Lipinski definition) is 3. The molecule has 0 atom stereocenters. The first kappa shape index (κ1) is 17.6. The Bertz CT molecular complexity index is 870. The number of anilines is 2. The molecule has 0 saturated heterocycles. The molecule has 0 bridgehead atoms. The van der Waals surface area contributed by atoms with E-state index in [2.05, 4.69) is 39.5 Å². The lowest BCUT2D eigenvalue weighted by molar-refractivity contribution is 0.906. The summed E-state index contributed by atoms with van der Waals surface area (Å²) in [6.07, 6.45) is 1.83. The summed E-state index contributed by atoms with van der Waals surface area (Å²) in [6.45, 7) is 0.708. The van der Waals surface area contributed by atoms with Crippen molar-refractivity contribution in [3.63, 3.8) is 0 Å². The van der Waals surface area contributed by atoms with Gasteiger partial charge in [0.05, 0.1) is 21.9 Å². The summed E-state index contributed by atoms with van der Waals surface area (Å²) in [4.78, 5) is 6.56. The molecule has 1 N–H and O–H groups in total. The molecule has 0 aliphatic carbocycles. The van der Waals surface area contributed by atoms with Gasteiger partial charge in [0.25, 0.3) is 0 Å². The van der Waals surface area contributed by atoms with Gasteiger partial charge in [-0.2, -0.15) is 0 Å². The van der Waals surface area contributed by atoms with Gasteiger partial charge in [-0.25, -0.2) is 4.98 Å². The van der Waals surface area contributed by atoms with Crippen molar-refractivity contribution in [3.05, 3.63) is 64.3 Å². The van der Waals surface area contributed by atoms with Gasteiger partial charge in [-0.1, -0.05) is 41.4 Å². The molecule has 0 aliphatic heterocycles. The second-order valence-corrected chi connectivity index (χ2v) is 6.88. The van der Waals surface area contributed by atoms with Crippen molar-refractivity contribution in [2.75, 3.05) is 24.3 Å². The van der Waals surface area contributed by atoms with Crippen molar-refractivity contribution in [1.82, 2.24) is 9.55 Å². The lowest BCUT2D eigenvalue weighted by atomic mass is 10.2. The highest BCUT2D eigenvalue weighted by Crippen LogP contribution is 2.29. The van der Waals surface area contributed by atoms with E-state index in [-0.39, 0.29) is 0 Å². The number of aromatic nitrogens is 2. The van der Waals surface area contributed by atoms with Crippen LogP contribution in [0.2, 0.25) is 10.0 Å². The molecule has 0 fully saturated rings. The number of nitrogens with zero attached hydrogens (tertiary/aromatic N) is 3. The van der Waals surface area contributed by atoms with Crippen LogP contribution in [-0.4, -0.2) is 23.6 Å². The van der Waals surface area contributed by atoms with Crippen molar-refractivity contribution < 1.29 is 0 Å². The lowest BCUT2D eigenvalue weighted by Gasteiger charge is -2.13. The van der Waals surface area contributed by atoms with Crippen LogP contribution in [0.25, 0.3) is 11.3 Å². The molecule has 0 unspecified atom stereocenters. The highest BCUT2D eigenvalue weighted by molar-refractivity contribution is 6.42. The largest absolute Gasteiger partial charge is 0.378 e. The molecular formula is C19H20Cl2N4. The summed E-state index contributed by atoms with van der Waals surface area (Å²) in [7, 11) is 6.04. The average Bonchev–Trinajstić information content (AvgIpc) is 2.96. The fourth-order valence-electron chi connectivity index (χ4n) is 2.59. The van der Waals surface area contributed by atoms with E-state index in [1.807, 2.05) is 44.0 Å². The number of hydrogen-bond donors (Lipinski definition) is 1. The Morgan fingerprint density at radius 3 is 2.40 bits per heavy atom. The molecule has 0 radical (unpaired) electrons. The molecule has 3 rings (SSSR count). The molecule has 0 saturated carbocycles. The molecule has 0 aliphatic rings. The topological polar surface area (TPSA) is 33.1 Å². The van der Waals surface area contributed by atoms with Crippen molar-refractivity contribution in [2.45, 2.75) is 6.54 Å². The van der Waals surface area contributed by atoms with Crippen molar-refractivity contribution >= 4 is 34.8 Å². The Balaban J connectivity index is 1.74. The van der Waals surface area contributed by atoms with Crippen LogP contribution in [0.5, 0.6) is 0 Å². The molecule has 25 heavy (non-hydrogen) atoms. The zero-order chi connectivity index (χ0) is 18.0. The van der Waals surface area contributed by atoms with Crippen LogP contribution in [0.4, 0.5) is 11.6 Å². The first-order chi connectivity index (χ1) is 12.0. The quantitative estimate of drug-likeness (QED) is 0.676. The smallest absolute Gasteiger partial charge is 0.203 e. The highest BCUT2D eigenvalue weighted by atomic mass is 35.5. The van der Waals surface area contributed by atoms with E-state index >= 15 is 0 Å². The Morgan fingerprint density at radius 2 is 1.76 bits per heavy atom. The van der Waals surface area contributed by atoms with E-state index in [4.69, 9.17) is 23.2 Å². The highest BCUT2D eigenvalue weighted by Gasteiger charge is 2.10. The van der Waals surface area contributed by atoms with Gasteiger partial charge in [-0.15, -0.1) is 0 Å². The van der Waals surface area contributed by atoms with Gasteiger partial charge in [0.2, 0.25) is 5.95 Å². The molecule has 0 spiro atoms. The maximum Gasteiger partial charge on any atom is 0.203 e. The van der Waals surface area contributed by atoms with Gasteiger partial charge < -0.3 is 14.8 Å². The average molecular weight is 375 g/mol. The van der Waals surface area contributed by atoms with Crippen LogP contribution in [0, 0.1) is 0 Å². The SMILES string of the molecule is CN(C)c1ccc(CNc2ncc(-c3ccc(Cl)c(Cl)c3)n2C)cc1. The van der Waals surface area contributed by atoms with Crippen LogP contribution >= 0.6 is 23.2 Å². The van der Waals surface area contributed by atoms with Gasteiger partial charge >= 0.3 is 0 Å². The van der Waals surface area contributed by atoms with E-state index in [9.17, 15) is 0 Å². The lowest BCUT2D eigenvalue weighted by Crippen LogP contribution is -2.09. The van der Waals surface area contributed by atoms with Gasteiger partial charge in [-0.05, 0) is 29.8 Å². The zero-order valence-electron chi connectivity index (χ0n) is 14.4. The van der Waals surface area contributed by atoms with Gasteiger partial charge in [0.15, 0.2) is 0 Å². The minimum Gasteiger partial charge on any atom is -0.378 e. The van der Waals surface area contributed by atoms with Gasteiger partial charge in [0, 0.05) is 38.9 Å². The minimum atomic E-state index is 0.538. The predicted molar refractivity (Wildman–Crippen MR) is 107 cm³/mol. The van der Waals surface area contributed by atoms with Gasteiger partial charge in [0.1, 0.15) is 0 Å². The normalized spacial score (nSPS) is 10.8. The fraction of sp³-hybridized carbons (Fsp3) is 0.211. The molecule has 6 heteroatoms. The van der Waals surface area contributed by atoms with E-state index in [1.165, 1.54) is 11.3 Å². The number of halogens is 2. The van der Waals surface area contributed by atoms with Crippen LogP contribution in [0.1, 0.15) is 5.56 Å². The van der Waals surface area contributed by atoms with E-state index in [1.54, 1.807) is 6.07 Å². The molecule has 2 aromatic carbocycles. The van der Waals surface area contributed by atoms with Crippen LogP contribution in [0.15, 0.2) is 48.7 Å². The number of imidazole rings is 1. The number of benzene rings is 2. The standard InChI is InChI=1S/C19H20Cl2N4/c1-24(2)15-7-4-13(5-8-15)11-22-19-23-12-18(25(19)3)14-6-9-16(20)17(21)10-14/h4-10,12H,11H2,1-3H3,(H,22,23). The monoisotopic (exact) mass is 374 g/mol. The summed E-state index contributed by atoms with van der Waals surface area (Å²) in [5.74, 6) is 0.803. The first-order valence-corrected chi connectivity index (χ1v) is 8.68. The van der Waals surface area contributed by atoms with Crippen LogP contribution in [-0.2, 0) is 13.6 Å².